The van der Waals surface area contributed by atoms with Gasteiger partial charge in [-0.3, -0.25) is 4.79 Å². The van der Waals surface area contributed by atoms with Gasteiger partial charge in [-0.05, 0) is 19.8 Å². The van der Waals surface area contributed by atoms with Gasteiger partial charge in [-0.1, -0.05) is 6.42 Å². The molecule has 1 saturated heterocycles. The lowest BCUT2D eigenvalue weighted by Crippen LogP contribution is -2.41. The Morgan fingerprint density at radius 2 is 2.24 bits per heavy atom. The highest BCUT2D eigenvalue weighted by molar-refractivity contribution is 7.09. The smallest absolute Gasteiger partial charge is 0.315 e. The number of hydrogen-bond donors (Lipinski definition) is 2. The lowest BCUT2D eigenvalue weighted by molar-refractivity contribution is -0.130. The van der Waals surface area contributed by atoms with Crippen molar-refractivity contribution >= 4 is 23.3 Å². The van der Waals surface area contributed by atoms with Gasteiger partial charge in [0.05, 0.1) is 17.2 Å². The summed E-state index contributed by atoms with van der Waals surface area (Å²) in [7, 11) is 0. The number of urea groups is 1. The van der Waals surface area contributed by atoms with Gasteiger partial charge >= 0.3 is 6.03 Å². The molecule has 1 aromatic heterocycles. The summed E-state index contributed by atoms with van der Waals surface area (Å²) >= 11 is 1.57. The molecule has 7 heteroatoms. The predicted octanol–water partition coefficient (Wildman–Crippen LogP) is 1.65. The number of nitrogens with zero attached hydrogens (tertiary/aromatic N) is 2. The van der Waals surface area contributed by atoms with Gasteiger partial charge in [-0.25, -0.2) is 9.78 Å². The van der Waals surface area contributed by atoms with Gasteiger partial charge in [0.15, 0.2) is 0 Å². The number of aryl methyl sites for hydroxylation is 1. The van der Waals surface area contributed by atoms with E-state index in [2.05, 4.69) is 15.6 Å². The third-order valence-electron chi connectivity index (χ3n) is 3.44. The lowest BCUT2D eigenvalue weighted by atomic mass is 10.2. The summed E-state index contributed by atoms with van der Waals surface area (Å²) in [5.41, 5.74) is 0.871. The molecule has 0 bridgehead atoms. The maximum absolute atomic E-state index is 11.8. The third kappa shape index (κ3) is 5.34. The average Bonchev–Trinajstić information content (AvgIpc) is 2.77. The molecule has 6 nitrogen and oxygen atoms in total. The molecule has 0 spiro atoms. The summed E-state index contributed by atoms with van der Waals surface area (Å²) < 4.78 is 0. The van der Waals surface area contributed by atoms with Gasteiger partial charge in [-0.2, -0.15) is 0 Å². The van der Waals surface area contributed by atoms with Gasteiger partial charge in [0.2, 0.25) is 5.91 Å². The van der Waals surface area contributed by atoms with Gasteiger partial charge in [0.1, 0.15) is 0 Å². The van der Waals surface area contributed by atoms with Crippen molar-refractivity contribution in [2.24, 2.45) is 0 Å². The normalized spacial score (nSPS) is 15.7. The van der Waals surface area contributed by atoms with Crippen molar-refractivity contribution in [1.82, 2.24) is 20.5 Å². The number of carbonyl (C=O) groups is 2. The number of likely N-dealkylation sites (tertiary alicyclic amines) is 1. The van der Waals surface area contributed by atoms with E-state index in [-0.39, 0.29) is 11.9 Å². The summed E-state index contributed by atoms with van der Waals surface area (Å²) in [5, 5.41) is 8.47. The Balaban J connectivity index is 1.63. The predicted molar refractivity (Wildman–Crippen MR) is 82.1 cm³/mol. The van der Waals surface area contributed by atoms with Crippen LogP contribution in [0.3, 0.4) is 0 Å². The molecule has 0 aromatic carbocycles. The summed E-state index contributed by atoms with van der Waals surface area (Å²) in [4.78, 5) is 29.6. The molecule has 3 amide bonds. The van der Waals surface area contributed by atoms with Crippen LogP contribution < -0.4 is 10.6 Å². The second-order valence-corrected chi connectivity index (χ2v) is 6.22. The third-order valence-corrected chi connectivity index (χ3v) is 4.26. The van der Waals surface area contributed by atoms with Crippen molar-refractivity contribution in [3.05, 3.63) is 16.1 Å². The minimum absolute atomic E-state index is 0.202. The monoisotopic (exact) mass is 310 g/mol. The van der Waals surface area contributed by atoms with E-state index in [1.807, 2.05) is 17.2 Å². The molecule has 0 radical (unpaired) electrons. The van der Waals surface area contributed by atoms with E-state index in [0.717, 1.165) is 36.5 Å². The second kappa shape index (κ2) is 7.97. The largest absolute Gasteiger partial charge is 0.341 e. The number of nitrogens with one attached hydrogen (secondary N) is 2. The number of rotatable bonds is 5. The topological polar surface area (TPSA) is 74.3 Å². The minimum atomic E-state index is -0.220. The molecule has 1 fully saturated rings. The fraction of sp³-hybridized carbons (Fsp3) is 0.643. The van der Waals surface area contributed by atoms with Crippen molar-refractivity contribution in [2.45, 2.75) is 39.2 Å². The molecule has 2 N–H and O–H groups in total. The van der Waals surface area contributed by atoms with E-state index < -0.39 is 0 Å². The van der Waals surface area contributed by atoms with E-state index in [0.29, 0.717) is 26.1 Å². The van der Waals surface area contributed by atoms with Crippen molar-refractivity contribution < 1.29 is 9.59 Å². The first-order valence-electron chi connectivity index (χ1n) is 7.35. The lowest BCUT2D eigenvalue weighted by Gasteiger charge is -2.20. The molecular weight excluding hydrogens is 288 g/mol. The molecule has 0 aliphatic carbocycles. The zero-order valence-corrected chi connectivity index (χ0v) is 13.2. The van der Waals surface area contributed by atoms with Gasteiger partial charge in [0, 0.05) is 31.4 Å². The maximum Gasteiger partial charge on any atom is 0.315 e. The fourth-order valence-corrected chi connectivity index (χ4v) is 2.91. The SMILES string of the molecule is Cc1nc(CNC(=O)NCCN2CCCCCC2=O)cs1. The number of aromatic nitrogens is 1. The Morgan fingerprint density at radius 3 is 3.00 bits per heavy atom. The molecule has 0 unspecified atom stereocenters. The zero-order valence-electron chi connectivity index (χ0n) is 12.4. The van der Waals surface area contributed by atoms with E-state index in [9.17, 15) is 9.59 Å². The summed E-state index contributed by atoms with van der Waals surface area (Å²) in [6.07, 6.45) is 3.79. The fourth-order valence-electron chi connectivity index (χ4n) is 2.30. The minimum Gasteiger partial charge on any atom is -0.341 e. The Bertz CT molecular complexity index is 489. The van der Waals surface area contributed by atoms with Crippen molar-refractivity contribution in [3.63, 3.8) is 0 Å². The summed E-state index contributed by atoms with van der Waals surface area (Å²) in [5.74, 6) is 0.202. The molecule has 1 aliphatic heterocycles. The second-order valence-electron chi connectivity index (χ2n) is 5.16. The zero-order chi connectivity index (χ0) is 15.1. The van der Waals surface area contributed by atoms with E-state index in [1.54, 1.807) is 11.3 Å². The van der Waals surface area contributed by atoms with Crippen LogP contribution >= 0.6 is 11.3 Å². The number of hydrogen-bond acceptors (Lipinski definition) is 4. The van der Waals surface area contributed by atoms with E-state index in [4.69, 9.17) is 0 Å². The summed E-state index contributed by atoms with van der Waals surface area (Å²) in [6, 6.07) is -0.220. The van der Waals surface area contributed by atoms with Crippen molar-refractivity contribution in [2.75, 3.05) is 19.6 Å². The molecule has 2 heterocycles. The first-order chi connectivity index (χ1) is 10.1. The molecule has 116 valence electrons. The van der Waals surface area contributed by atoms with E-state index >= 15 is 0 Å². The molecule has 2 rings (SSSR count). The molecule has 1 aliphatic rings. The molecule has 21 heavy (non-hydrogen) atoms. The Labute approximate surface area is 128 Å². The maximum atomic E-state index is 11.8. The highest BCUT2D eigenvalue weighted by Crippen LogP contribution is 2.10. The van der Waals surface area contributed by atoms with Crippen LogP contribution in [0.1, 0.15) is 36.4 Å². The molecule has 1 aromatic rings. The van der Waals surface area contributed by atoms with Gasteiger partial charge < -0.3 is 15.5 Å². The Morgan fingerprint density at radius 1 is 1.38 bits per heavy atom. The number of thiazole rings is 1. The highest BCUT2D eigenvalue weighted by Gasteiger charge is 2.16. The van der Waals surface area contributed by atoms with Gasteiger partial charge in [0.25, 0.3) is 0 Å². The first kappa shape index (κ1) is 15.8. The number of carbonyl (C=O) groups excluding carboxylic acids is 2. The van der Waals surface area contributed by atoms with Gasteiger partial charge in [-0.15, -0.1) is 11.3 Å². The quantitative estimate of drug-likeness (QED) is 0.868. The van der Waals surface area contributed by atoms with E-state index in [1.165, 1.54) is 0 Å². The van der Waals surface area contributed by atoms with Crippen LogP contribution in [0.15, 0.2) is 5.38 Å². The highest BCUT2D eigenvalue weighted by atomic mass is 32.1. The standard InChI is InChI=1S/C14H22N4O2S/c1-11-17-12(10-21-11)9-16-14(20)15-6-8-18-7-4-2-3-5-13(18)19/h10H,2-9H2,1H3,(H2,15,16,20). The summed E-state index contributed by atoms with van der Waals surface area (Å²) in [6.45, 7) is 4.24. The van der Waals surface area contributed by atoms with Crippen LogP contribution in [0.4, 0.5) is 4.79 Å². The molecule has 0 saturated carbocycles. The Hall–Kier alpha value is -1.63. The van der Waals surface area contributed by atoms with Crippen LogP contribution in [-0.2, 0) is 11.3 Å². The molecular formula is C14H22N4O2S. The molecule has 0 atom stereocenters. The van der Waals surface area contributed by atoms with Crippen LogP contribution in [0.5, 0.6) is 0 Å². The van der Waals surface area contributed by atoms with Crippen molar-refractivity contribution in [1.29, 1.82) is 0 Å². The van der Waals surface area contributed by atoms with Crippen molar-refractivity contribution in [3.8, 4) is 0 Å². The Kier molecular flexibility index (Phi) is 5.98. The van der Waals surface area contributed by atoms with Crippen LogP contribution in [0, 0.1) is 6.92 Å². The average molecular weight is 310 g/mol. The number of amides is 3. The van der Waals surface area contributed by atoms with Crippen LogP contribution in [0.25, 0.3) is 0 Å². The first-order valence-corrected chi connectivity index (χ1v) is 8.23. The van der Waals surface area contributed by atoms with Crippen LogP contribution in [-0.4, -0.2) is 41.5 Å². The van der Waals surface area contributed by atoms with Crippen LogP contribution in [0.2, 0.25) is 0 Å².